The second kappa shape index (κ2) is 6.02. The summed E-state index contributed by atoms with van der Waals surface area (Å²) < 4.78 is 5.54. The molecule has 4 heteroatoms. The standard InChI is InChI=1S/C14H26N2O2/c1-3-14(4-2)5-8-16(9-6-14)13(17)12-11-15-7-10-18-12/h12,15H,3-11H2,1-2H3. The number of morpholine rings is 1. The van der Waals surface area contributed by atoms with Crippen molar-refractivity contribution in [2.75, 3.05) is 32.8 Å². The SMILES string of the molecule is CCC1(CC)CCN(C(=O)C2CNCCO2)CC1. The summed E-state index contributed by atoms with van der Waals surface area (Å²) in [5, 5.41) is 3.22. The molecule has 1 amide bonds. The lowest BCUT2D eigenvalue weighted by atomic mass is 9.74. The van der Waals surface area contributed by atoms with Gasteiger partial charge in [0.05, 0.1) is 6.61 Å². The summed E-state index contributed by atoms with van der Waals surface area (Å²) in [4.78, 5) is 14.3. The largest absolute Gasteiger partial charge is 0.366 e. The first-order chi connectivity index (χ1) is 8.71. The second-order valence-electron chi connectivity index (χ2n) is 5.60. The van der Waals surface area contributed by atoms with E-state index in [-0.39, 0.29) is 12.0 Å². The molecule has 1 N–H and O–H groups in total. The van der Waals surface area contributed by atoms with Gasteiger partial charge < -0.3 is 15.0 Å². The first kappa shape index (κ1) is 13.8. The van der Waals surface area contributed by atoms with Crippen molar-refractivity contribution in [2.24, 2.45) is 5.41 Å². The smallest absolute Gasteiger partial charge is 0.253 e. The number of carbonyl (C=O) groups is 1. The Balaban J connectivity index is 1.87. The monoisotopic (exact) mass is 254 g/mol. The van der Waals surface area contributed by atoms with Crippen molar-refractivity contribution < 1.29 is 9.53 Å². The maximum absolute atomic E-state index is 12.3. The molecule has 2 heterocycles. The Morgan fingerprint density at radius 1 is 1.33 bits per heavy atom. The average molecular weight is 254 g/mol. The van der Waals surface area contributed by atoms with Gasteiger partial charge in [0.25, 0.3) is 5.91 Å². The van der Waals surface area contributed by atoms with Gasteiger partial charge in [-0.05, 0) is 18.3 Å². The van der Waals surface area contributed by atoms with Crippen LogP contribution >= 0.6 is 0 Å². The number of hydrogen-bond donors (Lipinski definition) is 1. The molecular weight excluding hydrogens is 228 g/mol. The molecule has 0 aromatic rings. The van der Waals surface area contributed by atoms with Crippen LogP contribution in [0.5, 0.6) is 0 Å². The molecule has 2 rings (SSSR count). The normalized spacial score (nSPS) is 28.1. The number of rotatable bonds is 3. The molecule has 2 aliphatic rings. The fourth-order valence-corrected chi connectivity index (χ4v) is 3.09. The van der Waals surface area contributed by atoms with Crippen LogP contribution in [0.15, 0.2) is 0 Å². The number of amides is 1. The molecule has 2 fully saturated rings. The Hall–Kier alpha value is -0.610. The molecule has 1 unspecified atom stereocenters. The molecule has 2 saturated heterocycles. The molecule has 4 nitrogen and oxygen atoms in total. The highest BCUT2D eigenvalue weighted by atomic mass is 16.5. The van der Waals surface area contributed by atoms with Crippen molar-refractivity contribution in [3.63, 3.8) is 0 Å². The second-order valence-corrected chi connectivity index (χ2v) is 5.60. The van der Waals surface area contributed by atoms with Crippen LogP contribution in [0, 0.1) is 5.41 Å². The molecule has 0 aliphatic carbocycles. The molecule has 2 aliphatic heterocycles. The molecule has 0 radical (unpaired) electrons. The number of nitrogens with zero attached hydrogens (tertiary/aromatic N) is 1. The summed E-state index contributed by atoms with van der Waals surface area (Å²) in [5.74, 6) is 0.183. The topological polar surface area (TPSA) is 41.6 Å². The maximum atomic E-state index is 12.3. The molecule has 0 aromatic carbocycles. The summed E-state index contributed by atoms with van der Waals surface area (Å²) in [7, 11) is 0. The minimum atomic E-state index is -0.255. The molecule has 1 atom stereocenters. The predicted molar refractivity (Wildman–Crippen MR) is 71.4 cm³/mol. The Morgan fingerprint density at radius 2 is 2.00 bits per heavy atom. The van der Waals surface area contributed by atoms with Crippen LogP contribution in [0.4, 0.5) is 0 Å². The predicted octanol–water partition coefficient (Wildman–Crippen LogP) is 1.40. The van der Waals surface area contributed by atoms with Gasteiger partial charge in [-0.3, -0.25) is 4.79 Å². The molecule has 0 spiro atoms. The van der Waals surface area contributed by atoms with Gasteiger partial charge in [-0.1, -0.05) is 26.7 Å². The van der Waals surface area contributed by atoms with Gasteiger partial charge in [0, 0.05) is 26.2 Å². The number of piperidine rings is 1. The third-order valence-corrected chi connectivity index (χ3v) is 4.84. The lowest BCUT2D eigenvalue weighted by molar-refractivity contribution is -0.147. The lowest BCUT2D eigenvalue weighted by Crippen LogP contribution is -2.52. The number of hydrogen-bond acceptors (Lipinski definition) is 3. The van der Waals surface area contributed by atoms with Crippen LogP contribution in [-0.2, 0) is 9.53 Å². The van der Waals surface area contributed by atoms with Crippen molar-refractivity contribution in [2.45, 2.75) is 45.6 Å². The Kier molecular flexibility index (Phi) is 4.62. The summed E-state index contributed by atoms with van der Waals surface area (Å²) in [5.41, 5.74) is 0.475. The average Bonchev–Trinajstić information content (AvgIpc) is 2.47. The summed E-state index contributed by atoms with van der Waals surface area (Å²) in [6.45, 7) is 8.53. The van der Waals surface area contributed by atoms with Crippen molar-refractivity contribution in [3.05, 3.63) is 0 Å². The summed E-state index contributed by atoms with van der Waals surface area (Å²) >= 11 is 0. The fraction of sp³-hybridized carbons (Fsp3) is 0.929. The number of ether oxygens (including phenoxy) is 1. The molecular formula is C14H26N2O2. The molecule has 0 aromatic heterocycles. The van der Waals surface area contributed by atoms with Crippen LogP contribution in [-0.4, -0.2) is 49.7 Å². The first-order valence-corrected chi connectivity index (χ1v) is 7.32. The zero-order chi connectivity index (χ0) is 13.0. The number of carbonyl (C=O) groups excluding carboxylic acids is 1. The van der Waals surface area contributed by atoms with Crippen molar-refractivity contribution in [3.8, 4) is 0 Å². The highest BCUT2D eigenvalue weighted by molar-refractivity contribution is 5.81. The van der Waals surface area contributed by atoms with E-state index < -0.39 is 0 Å². The lowest BCUT2D eigenvalue weighted by Gasteiger charge is -2.42. The van der Waals surface area contributed by atoms with Gasteiger partial charge in [0.2, 0.25) is 0 Å². The van der Waals surface area contributed by atoms with E-state index in [1.54, 1.807) is 0 Å². The first-order valence-electron chi connectivity index (χ1n) is 7.32. The maximum Gasteiger partial charge on any atom is 0.253 e. The Morgan fingerprint density at radius 3 is 2.50 bits per heavy atom. The van der Waals surface area contributed by atoms with E-state index >= 15 is 0 Å². The quantitative estimate of drug-likeness (QED) is 0.828. The minimum absolute atomic E-state index is 0.183. The number of nitrogens with one attached hydrogen (secondary N) is 1. The van der Waals surface area contributed by atoms with Crippen molar-refractivity contribution in [1.82, 2.24) is 10.2 Å². The highest BCUT2D eigenvalue weighted by Crippen LogP contribution is 2.38. The number of likely N-dealkylation sites (tertiary alicyclic amines) is 1. The third-order valence-electron chi connectivity index (χ3n) is 4.84. The van der Waals surface area contributed by atoms with Gasteiger partial charge in [0.1, 0.15) is 6.10 Å². The van der Waals surface area contributed by atoms with E-state index in [1.165, 1.54) is 12.8 Å². The van der Waals surface area contributed by atoms with Gasteiger partial charge in [-0.25, -0.2) is 0 Å². The third kappa shape index (κ3) is 2.86. The molecule has 0 saturated carbocycles. The van der Waals surface area contributed by atoms with E-state index in [0.717, 1.165) is 32.5 Å². The van der Waals surface area contributed by atoms with Gasteiger partial charge in [-0.2, -0.15) is 0 Å². The fourth-order valence-electron chi connectivity index (χ4n) is 3.09. The van der Waals surface area contributed by atoms with E-state index in [9.17, 15) is 4.79 Å². The molecule has 0 bridgehead atoms. The summed E-state index contributed by atoms with van der Waals surface area (Å²) in [6.07, 6.45) is 4.49. The minimum Gasteiger partial charge on any atom is -0.366 e. The van der Waals surface area contributed by atoms with E-state index in [4.69, 9.17) is 4.74 Å². The van der Waals surface area contributed by atoms with Crippen molar-refractivity contribution >= 4 is 5.91 Å². The molecule has 104 valence electrons. The Bertz CT molecular complexity index is 274. The Labute approximate surface area is 110 Å². The van der Waals surface area contributed by atoms with Crippen LogP contribution in [0.2, 0.25) is 0 Å². The molecule has 18 heavy (non-hydrogen) atoms. The van der Waals surface area contributed by atoms with Crippen LogP contribution in [0.25, 0.3) is 0 Å². The highest BCUT2D eigenvalue weighted by Gasteiger charge is 2.35. The van der Waals surface area contributed by atoms with Gasteiger partial charge in [0.15, 0.2) is 0 Å². The van der Waals surface area contributed by atoms with Crippen molar-refractivity contribution in [1.29, 1.82) is 0 Å². The van der Waals surface area contributed by atoms with Gasteiger partial charge >= 0.3 is 0 Å². The van der Waals surface area contributed by atoms with Gasteiger partial charge in [-0.15, -0.1) is 0 Å². The van der Waals surface area contributed by atoms with E-state index in [0.29, 0.717) is 18.6 Å². The zero-order valence-electron chi connectivity index (χ0n) is 11.7. The summed E-state index contributed by atoms with van der Waals surface area (Å²) in [6, 6.07) is 0. The zero-order valence-corrected chi connectivity index (χ0v) is 11.7. The van der Waals surface area contributed by atoms with Crippen LogP contribution < -0.4 is 5.32 Å². The van der Waals surface area contributed by atoms with E-state index in [1.807, 2.05) is 4.90 Å². The van der Waals surface area contributed by atoms with Crippen LogP contribution in [0.3, 0.4) is 0 Å². The van der Waals surface area contributed by atoms with Crippen LogP contribution in [0.1, 0.15) is 39.5 Å². The van der Waals surface area contributed by atoms with E-state index in [2.05, 4.69) is 19.2 Å².